The molecule has 2 aromatic carbocycles. The molecular weight excluding hydrogens is 448 g/mol. The van der Waals surface area contributed by atoms with Gasteiger partial charge in [0.05, 0.1) is 12.7 Å². The first kappa shape index (κ1) is 27.4. The molecule has 0 atom stereocenters. The number of aryl methyl sites for hydroxylation is 1. The number of hydrogen-bond acceptors (Lipinski definition) is 4. The Morgan fingerprint density at radius 1 is 1.03 bits per heavy atom. The monoisotopic (exact) mass is 488 g/mol. The third-order valence-corrected chi connectivity index (χ3v) is 6.66. The Labute approximate surface area is 215 Å². The van der Waals surface area contributed by atoms with Gasteiger partial charge in [-0.2, -0.15) is 0 Å². The second-order valence-electron chi connectivity index (χ2n) is 11.0. The summed E-state index contributed by atoms with van der Waals surface area (Å²) in [4.78, 5) is 30.0. The van der Waals surface area contributed by atoms with Crippen LogP contribution in [0.25, 0.3) is 10.8 Å². The highest BCUT2D eigenvalue weighted by Crippen LogP contribution is 2.32. The molecule has 5 heteroatoms. The number of esters is 1. The molecule has 1 aromatic heterocycles. The Kier molecular flexibility index (Phi) is 9.25. The van der Waals surface area contributed by atoms with Gasteiger partial charge in [0.15, 0.2) is 0 Å². The molecule has 3 aromatic rings. The van der Waals surface area contributed by atoms with Gasteiger partial charge in [-0.1, -0.05) is 69.9 Å². The van der Waals surface area contributed by atoms with Crippen LogP contribution in [0.1, 0.15) is 86.7 Å². The largest absolute Gasteiger partial charge is 0.465 e. The molecule has 36 heavy (non-hydrogen) atoms. The predicted octanol–water partition coefficient (Wildman–Crippen LogP) is 7.46. The fourth-order valence-electron chi connectivity index (χ4n) is 4.72. The van der Waals surface area contributed by atoms with Crippen molar-refractivity contribution in [3.05, 3.63) is 71.4 Å². The van der Waals surface area contributed by atoms with E-state index in [-0.39, 0.29) is 17.3 Å². The summed E-state index contributed by atoms with van der Waals surface area (Å²) in [5, 5.41) is 1.67. The minimum Gasteiger partial charge on any atom is -0.465 e. The van der Waals surface area contributed by atoms with Gasteiger partial charge in [-0.25, -0.2) is 9.78 Å². The lowest BCUT2D eigenvalue weighted by Crippen LogP contribution is -2.30. The molecule has 0 N–H and O–H groups in total. The molecule has 0 saturated heterocycles. The smallest absolute Gasteiger partial charge is 0.337 e. The van der Waals surface area contributed by atoms with Gasteiger partial charge >= 0.3 is 5.97 Å². The van der Waals surface area contributed by atoms with Crippen LogP contribution in [0, 0.1) is 12.3 Å². The molecule has 1 amide bonds. The van der Waals surface area contributed by atoms with Crippen molar-refractivity contribution >= 4 is 28.5 Å². The maximum Gasteiger partial charge on any atom is 0.337 e. The Bertz CT molecular complexity index is 1190. The van der Waals surface area contributed by atoms with E-state index in [9.17, 15) is 9.59 Å². The van der Waals surface area contributed by atoms with Crippen molar-refractivity contribution in [2.24, 2.45) is 5.41 Å². The summed E-state index contributed by atoms with van der Waals surface area (Å²) < 4.78 is 4.74. The molecule has 4 rings (SSSR count). The Hall–Kier alpha value is -3.21. The van der Waals surface area contributed by atoms with Crippen LogP contribution in [0.5, 0.6) is 0 Å². The standard InChI is InChI=1S/C18H22N2O3.C13H18/c1-18(2,3)11-15(21)20(4)16-14-7-6-13(17(22)23-5)10-12(14)8-9-19-16;1-11-6-5-9-13(10-11)12-7-3-2-4-8-12/h6-10H,11H2,1-5H3;5-6,9-10,12H,2-4,7-8H2,1H3. The van der Waals surface area contributed by atoms with Crippen molar-refractivity contribution in [3.63, 3.8) is 0 Å². The van der Waals surface area contributed by atoms with Crippen molar-refractivity contribution < 1.29 is 14.3 Å². The summed E-state index contributed by atoms with van der Waals surface area (Å²) in [6, 6.07) is 16.1. The number of carbonyl (C=O) groups is 2. The summed E-state index contributed by atoms with van der Waals surface area (Å²) in [5.41, 5.74) is 3.36. The summed E-state index contributed by atoms with van der Waals surface area (Å²) in [5.74, 6) is 1.07. The number of benzene rings is 2. The van der Waals surface area contributed by atoms with Crippen LogP contribution < -0.4 is 4.90 Å². The van der Waals surface area contributed by atoms with Crippen molar-refractivity contribution in [2.45, 2.75) is 72.1 Å². The maximum absolute atomic E-state index is 12.4. The van der Waals surface area contributed by atoms with Gasteiger partial charge in [-0.15, -0.1) is 0 Å². The number of carbonyl (C=O) groups excluding carboxylic acids is 2. The molecule has 0 unspecified atom stereocenters. The van der Waals surface area contributed by atoms with Crippen LogP contribution in [0.2, 0.25) is 0 Å². The fourth-order valence-corrected chi connectivity index (χ4v) is 4.72. The van der Waals surface area contributed by atoms with E-state index in [4.69, 9.17) is 4.74 Å². The van der Waals surface area contributed by atoms with E-state index in [2.05, 4.69) is 36.2 Å². The molecular formula is C31H40N2O3. The van der Waals surface area contributed by atoms with Crippen LogP contribution in [-0.2, 0) is 9.53 Å². The van der Waals surface area contributed by atoms with Crippen LogP contribution in [-0.4, -0.2) is 31.0 Å². The van der Waals surface area contributed by atoms with Gasteiger partial charge < -0.3 is 4.74 Å². The van der Waals surface area contributed by atoms with Crippen LogP contribution in [0.4, 0.5) is 5.82 Å². The normalized spacial score (nSPS) is 14.1. The van der Waals surface area contributed by atoms with Gasteiger partial charge in [-0.05, 0) is 66.3 Å². The zero-order valence-electron chi connectivity index (χ0n) is 22.6. The van der Waals surface area contributed by atoms with E-state index in [0.717, 1.165) is 16.7 Å². The van der Waals surface area contributed by atoms with Crippen LogP contribution >= 0.6 is 0 Å². The molecule has 0 aliphatic heterocycles. The molecule has 0 bridgehead atoms. The second kappa shape index (κ2) is 12.2. The van der Waals surface area contributed by atoms with E-state index in [1.54, 1.807) is 41.9 Å². The number of nitrogens with zero attached hydrogens (tertiary/aromatic N) is 2. The minimum absolute atomic E-state index is 0.00884. The lowest BCUT2D eigenvalue weighted by molar-refractivity contribution is -0.120. The summed E-state index contributed by atoms with van der Waals surface area (Å²) in [6.45, 7) is 8.26. The zero-order valence-corrected chi connectivity index (χ0v) is 22.6. The predicted molar refractivity (Wildman–Crippen MR) is 148 cm³/mol. The number of rotatable bonds is 4. The Morgan fingerprint density at radius 3 is 2.39 bits per heavy atom. The van der Waals surface area contributed by atoms with Gasteiger partial charge in [0.1, 0.15) is 5.82 Å². The summed E-state index contributed by atoms with van der Waals surface area (Å²) >= 11 is 0. The van der Waals surface area contributed by atoms with Gasteiger partial charge in [0.2, 0.25) is 5.91 Å². The highest BCUT2D eigenvalue weighted by Gasteiger charge is 2.22. The van der Waals surface area contributed by atoms with Crippen molar-refractivity contribution in [1.82, 2.24) is 4.98 Å². The zero-order chi connectivity index (χ0) is 26.3. The lowest BCUT2D eigenvalue weighted by atomic mass is 9.84. The molecule has 0 radical (unpaired) electrons. The van der Waals surface area contributed by atoms with Crippen molar-refractivity contribution in [3.8, 4) is 0 Å². The number of fused-ring (bicyclic) bond motifs is 1. The number of ether oxygens (including phenoxy) is 1. The van der Waals surface area contributed by atoms with E-state index < -0.39 is 0 Å². The highest BCUT2D eigenvalue weighted by molar-refractivity contribution is 6.04. The number of hydrogen-bond donors (Lipinski definition) is 0. The van der Waals surface area contributed by atoms with Crippen LogP contribution in [0.3, 0.4) is 0 Å². The third kappa shape index (κ3) is 7.39. The Morgan fingerprint density at radius 2 is 1.75 bits per heavy atom. The number of aromatic nitrogens is 1. The van der Waals surface area contributed by atoms with Crippen molar-refractivity contribution in [2.75, 3.05) is 19.1 Å². The Balaban J connectivity index is 0.000000233. The molecule has 1 aliphatic rings. The van der Waals surface area contributed by atoms with E-state index in [1.807, 2.05) is 26.8 Å². The first-order valence-corrected chi connectivity index (χ1v) is 12.9. The number of pyridine rings is 1. The quantitative estimate of drug-likeness (QED) is 0.358. The summed E-state index contributed by atoms with van der Waals surface area (Å²) in [6.07, 6.45) is 9.19. The number of anilines is 1. The molecule has 1 fully saturated rings. The molecule has 5 nitrogen and oxygen atoms in total. The van der Waals surface area contributed by atoms with E-state index in [0.29, 0.717) is 17.8 Å². The second-order valence-corrected chi connectivity index (χ2v) is 11.0. The van der Waals surface area contributed by atoms with Crippen molar-refractivity contribution in [1.29, 1.82) is 0 Å². The molecule has 192 valence electrons. The maximum atomic E-state index is 12.4. The average molecular weight is 489 g/mol. The fraction of sp³-hybridized carbons (Fsp3) is 0.452. The average Bonchev–Trinajstić information content (AvgIpc) is 2.87. The first-order chi connectivity index (χ1) is 17.1. The number of amides is 1. The van der Waals surface area contributed by atoms with Crippen LogP contribution in [0.15, 0.2) is 54.7 Å². The van der Waals surface area contributed by atoms with E-state index in [1.165, 1.54) is 44.8 Å². The van der Waals surface area contributed by atoms with E-state index >= 15 is 0 Å². The first-order valence-electron chi connectivity index (χ1n) is 12.9. The highest BCUT2D eigenvalue weighted by atomic mass is 16.5. The molecule has 1 aliphatic carbocycles. The van der Waals surface area contributed by atoms with Gasteiger partial charge in [0.25, 0.3) is 0 Å². The SMILES string of the molecule is COC(=O)c1ccc2c(N(C)C(=O)CC(C)(C)C)nccc2c1.Cc1cccc(C2CCCCC2)c1. The summed E-state index contributed by atoms with van der Waals surface area (Å²) in [7, 11) is 3.08. The number of methoxy groups -OCH3 is 1. The lowest BCUT2D eigenvalue weighted by Gasteiger charge is -2.23. The third-order valence-electron chi connectivity index (χ3n) is 6.66. The minimum atomic E-state index is -0.387. The van der Waals surface area contributed by atoms with Gasteiger partial charge in [0, 0.05) is 25.1 Å². The topological polar surface area (TPSA) is 59.5 Å². The van der Waals surface area contributed by atoms with Gasteiger partial charge in [-0.3, -0.25) is 9.69 Å². The molecule has 1 saturated carbocycles. The molecule has 0 spiro atoms. The molecule has 1 heterocycles.